The number of hydrogen-bond donors (Lipinski definition) is 0. The minimum atomic E-state index is -1.44. The maximum absolute atomic E-state index is 5.77. The van der Waals surface area contributed by atoms with Gasteiger partial charge in [-0.2, -0.15) is 0 Å². The largest absolute Gasteiger partial charge is 0.462 e. The van der Waals surface area contributed by atoms with Gasteiger partial charge < -0.3 is 9.05 Å². The van der Waals surface area contributed by atoms with Gasteiger partial charge in [0.25, 0.3) is 0 Å². The minimum Gasteiger partial charge on any atom is -0.417 e. The van der Waals surface area contributed by atoms with Crippen molar-refractivity contribution in [3.63, 3.8) is 0 Å². The highest BCUT2D eigenvalue weighted by Gasteiger charge is 2.16. The van der Waals surface area contributed by atoms with E-state index in [1.54, 1.807) is 7.11 Å². The summed E-state index contributed by atoms with van der Waals surface area (Å²) in [7, 11) is 0.142. The predicted molar refractivity (Wildman–Crippen MR) is 77.5 cm³/mol. The SMILES string of the molecule is COP(Oc1ccccc1C)Oc1ccccc1C. The molecule has 2 aromatic rings. The van der Waals surface area contributed by atoms with Crippen molar-refractivity contribution < 1.29 is 13.6 Å². The Bertz CT molecular complexity index is 495. The molecule has 2 rings (SSSR count). The third kappa shape index (κ3) is 3.69. The van der Waals surface area contributed by atoms with E-state index >= 15 is 0 Å². The number of para-hydroxylation sites is 2. The van der Waals surface area contributed by atoms with Gasteiger partial charge in [0.1, 0.15) is 11.5 Å². The highest BCUT2D eigenvalue weighted by atomic mass is 31.2. The van der Waals surface area contributed by atoms with Crippen molar-refractivity contribution >= 4 is 8.60 Å². The first kappa shape index (κ1) is 13.9. The minimum absolute atomic E-state index is 0.782. The van der Waals surface area contributed by atoms with E-state index in [9.17, 15) is 0 Å². The zero-order valence-corrected chi connectivity index (χ0v) is 12.2. The summed E-state index contributed by atoms with van der Waals surface area (Å²) in [6, 6.07) is 15.6. The molecular formula is C15H17O3P. The third-order valence-corrected chi connectivity index (χ3v) is 3.67. The predicted octanol–water partition coefficient (Wildman–Crippen LogP) is 4.63. The first-order valence-electron chi connectivity index (χ1n) is 6.02. The molecule has 0 radical (unpaired) electrons. The molecule has 0 saturated heterocycles. The summed E-state index contributed by atoms with van der Waals surface area (Å²) in [5, 5.41) is 0. The van der Waals surface area contributed by atoms with Gasteiger partial charge in [-0.3, -0.25) is 4.52 Å². The second kappa shape index (κ2) is 6.55. The standard InChI is InChI=1S/C15H17O3P/c1-12-8-4-6-10-14(12)17-19(16-3)18-15-11-7-5-9-13(15)2/h4-11H,1-3H3. The van der Waals surface area contributed by atoms with Crippen LogP contribution in [-0.4, -0.2) is 7.11 Å². The van der Waals surface area contributed by atoms with Gasteiger partial charge in [0.15, 0.2) is 0 Å². The summed E-state index contributed by atoms with van der Waals surface area (Å²) >= 11 is 0. The van der Waals surface area contributed by atoms with E-state index in [0.29, 0.717) is 0 Å². The van der Waals surface area contributed by atoms with E-state index < -0.39 is 8.60 Å². The van der Waals surface area contributed by atoms with Crippen LogP contribution < -0.4 is 9.05 Å². The van der Waals surface area contributed by atoms with Crippen molar-refractivity contribution in [2.75, 3.05) is 7.11 Å². The first-order valence-corrected chi connectivity index (χ1v) is 7.11. The second-order valence-electron chi connectivity index (χ2n) is 4.12. The number of aryl methyl sites for hydroxylation is 2. The lowest BCUT2D eigenvalue weighted by molar-refractivity contribution is 0.322. The van der Waals surface area contributed by atoms with Gasteiger partial charge in [-0.05, 0) is 37.1 Å². The number of hydrogen-bond acceptors (Lipinski definition) is 3. The molecule has 0 N–H and O–H groups in total. The highest BCUT2D eigenvalue weighted by molar-refractivity contribution is 7.42. The number of benzene rings is 2. The van der Waals surface area contributed by atoms with Crippen LogP contribution in [0.1, 0.15) is 11.1 Å². The van der Waals surface area contributed by atoms with Gasteiger partial charge in [-0.25, -0.2) is 0 Å². The molecule has 2 aromatic carbocycles. The van der Waals surface area contributed by atoms with Crippen LogP contribution in [0, 0.1) is 13.8 Å². The molecule has 0 fully saturated rings. The monoisotopic (exact) mass is 276 g/mol. The lowest BCUT2D eigenvalue weighted by Crippen LogP contribution is -1.99. The Balaban J connectivity index is 2.09. The average molecular weight is 276 g/mol. The van der Waals surface area contributed by atoms with Crippen LogP contribution >= 0.6 is 8.60 Å². The van der Waals surface area contributed by atoms with Crippen molar-refractivity contribution in [1.82, 2.24) is 0 Å². The Morgan fingerprint density at radius 2 is 1.16 bits per heavy atom. The molecule has 100 valence electrons. The molecule has 0 unspecified atom stereocenters. The molecule has 0 aliphatic rings. The molecular weight excluding hydrogens is 259 g/mol. The Morgan fingerprint density at radius 1 is 0.737 bits per heavy atom. The van der Waals surface area contributed by atoms with Gasteiger partial charge in [0.2, 0.25) is 0 Å². The Kier molecular flexibility index (Phi) is 4.78. The lowest BCUT2D eigenvalue weighted by Gasteiger charge is -2.17. The summed E-state index contributed by atoms with van der Waals surface area (Å²) in [6.07, 6.45) is 0. The van der Waals surface area contributed by atoms with Gasteiger partial charge in [-0.15, -0.1) is 0 Å². The van der Waals surface area contributed by atoms with E-state index in [1.165, 1.54) is 0 Å². The van der Waals surface area contributed by atoms with Crippen molar-refractivity contribution in [2.45, 2.75) is 13.8 Å². The number of rotatable bonds is 5. The molecule has 0 aromatic heterocycles. The molecule has 4 heteroatoms. The van der Waals surface area contributed by atoms with Crippen LogP contribution in [0.3, 0.4) is 0 Å². The quantitative estimate of drug-likeness (QED) is 0.745. The zero-order chi connectivity index (χ0) is 13.7. The van der Waals surface area contributed by atoms with E-state index in [2.05, 4.69) is 0 Å². The van der Waals surface area contributed by atoms with Gasteiger partial charge >= 0.3 is 8.60 Å². The normalized spacial score (nSPS) is 10.5. The fourth-order valence-electron chi connectivity index (χ4n) is 1.57. The van der Waals surface area contributed by atoms with E-state index in [-0.39, 0.29) is 0 Å². The molecule has 0 heterocycles. The van der Waals surface area contributed by atoms with Gasteiger partial charge in [0, 0.05) is 7.11 Å². The molecule has 0 saturated carbocycles. The van der Waals surface area contributed by atoms with Crippen molar-refractivity contribution in [1.29, 1.82) is 0 Å². The molecule has 0 amide bonds. The molecule has 0 aliphatic heterocycles. The van der Waals surface area contributed by atoms with E-state index in [1.807, 2.05) is 62.4 Å². The van der Waals surface area contributed by atoms with Crippen LogP contribution in [0.25, 0.3) is 0 Å². The summed E-state index contributed by atoms with van der Waals surface area (Å²) in [5.41, 5.74) is 2.11. The van der Waals surface area contributed by atoms with Crippen LogP contribution in [0.5, 0.6) is 11.5 Å². The van der Waals surface area contributed by atoms with Crippen molar-refractivity contribution in [3.05, 3.63) is 59.7 Å². The molecule has 0 bridgehead atoms. The average Bonchev–Trinajstić information content (AvgIpc) is 2.42. The lowest BCUT2D eigenvalue weighted by atomic mass is 10.2. The molecule has 0 atom stereocenters. The Labute approximate surface area is 115 Å². The summed E-state index contributed by atoms with van der Waals surface area (Å²) in [4.78, 5) is 0. The Hall–Kier alpha value is -1.57. The zero-order valence-electron chi connectivity index (χ0n) is 11.3. The fraction of sp³-hybridized carbons (Fsp3) is 0.200. The summed E-state index contributed by atoms with van der Waals surface area (Å²) in [5.74, 6) is 1.56. The van der Waals surface area contributed by atoms with Crippen LogP contribution in [-0.2, 0) is 4.52 Å². The first-order chi connectivity index (χ1) is 9.20. The van der Waals surface area contributed by atoms with E-state index in [0.717, 1.165) is 22.6 Å². The smallest absolute Gasteiger partial charge is 0.417 e. The second-order valence-corrected chi connectivity index (χ2v) is 5.30. The summed E-state index contributed by atoms with van der Waals surface area (Å²) < 4.78 is 16.8. The highest BCUT2D eigenvalue weighted by Crippen LogP contribution is 2.42. The topological polar surface area (TPSA) is 27.7 Å². The van der Waals surface area contributed by atoms with Gasteiger partial charge in [0.05, 0.1) is 0 Å². The van der Waals surface area contributed by atoms with Gasteiger partial charge in [-0.1, -0.05) is 36.4 Å². The van der Waals surface area contributed by atoms with Crippen molar-refractivity contribution in [2.24, 2.45) is 0 Å². The summed E-state index contributed by atoms with van der Waals surface area (Å²) in [6.45, 7) is 3.98. The fourth-order valence-corrected chi connectivity index (χ4v) is 2.49. The van der Waals surface area contributed by atoms with E-state index in [4.69, 9.17) is 13.6 Å². The van der Waals surface area contributed by atoms with Crippen molar-refractivity contribution in [3.8, 4) is 11.5 Å². The molecule has 0 aliphatic carbocycles. The third-order valence-electron chi connectivity index (χ3n) is 2.68. The molecule has 0 spiro atoms. The molecule has 19 heavy (non-hydrogen) atoms. The Morgan fingerprint density at radius 3 is 1.53 bits per heavy atom. The van der Waals surface area contributed by atoms with Crippen LogP contribution in [0.4, 0.5) is 0 Å². The maximum Gasteiger partial charge on any atom is 0.462 e. The van der Waals surface area contributed by atoms with Crippen LogP contribution in [0.2, 0.25) is 0 Å². The molecule has 3 nitrogen and oxygen atoms in total. The maximum atomic E-state index is 5.77. The van der Waals surface area contributed by atoms with Crippen LogP contribution in [0.15, 0.2) is 48.5 Å².